The fourth-order valence-electron chi connectivity index (χ4n) is 5.02. The lowest BCUT2D eigenvalue weighted by Gasteiger charge is -2.39. The van der Waals surface area contributed by atoms with Crippen LogP contribution in [0.25, 0.3) is 0 Å². The van der Waals surface area contributed by atoms with Gasteiger partial charge >= 0.3 is 0 Å². The van der Waals surface area contributed by atoms with Gasteiger partial charge in [-0.2, -0.15) is 4.31 Å². The number of rotatable bonds is 6. The zero-order valence-corrected chi connectivity index (χ0v) is 20.4. The van der Waals surface area contributed by atoms with Crippen molar-refractivity contribution >= 4 is 27.5 Å². The average molecular weight is 493 g/mol. The van der Waals surface area contributed by atoms with Crippen LogP contribution < -0.4 is 0 Å². The highest BCUT2D eigenvalue weighted by atomic mass is 35.5. The van der Waals surface area contributed by atoms with Crippen molar-refractivity contribution < 1.29 is 17.6 Å². The van der Waals surface area contributed by atoms with Gasteiger partial charge in [0.15, 0.2) is 0 Å². The van der Waals surface area contributed by atoms with Gasteiger partial charge in [-0.05, 0) is 67.9 Å². The van der Waals surface area contributed by atoms with Gasteiger partial charge in [-0.3, -0.25) is 4.79 Å². The second-order valence-corrected chi connectivity index (χ2v) is 11.3. The molecule has 1 unspecified atom stereocenters. The summed E-state index contributed by atoms with van der Waals surface area (Å²) >= 11 is 5.79. The van der Waals surface area contributed by atoms with E-state index >= 15 is 0 Å². The molecule has 33 heavy (non-hydrogen) atoms. The van der Waals surface area contributed by atoms with Crippen LogP contribution in [0.3, 0.4) is 0 Å². The van der Waals surface area contributed by atoms with Crippen LogP contribution in [0.5, 0.6) is 0 Å². The highest BCUT2D eigenvalue weighted by Crippen LogP contribution is 2.30. The van der Waals surface area contributed by atoms with Gasteiger partial charge < -0.3 is 4.90 Å². The van der Waals surface area contributed by atoms with Crippen molar-refractivity contribution in [3.05, 3.63) is 64.4 Å². The summed E-state index contributed by atoms with van der Waals surface area (Å²) in [6.07, 6.45) is 4.67. The fraction of sp³-hybridized carbons (Fsp3) is 0.480. The summed E-state index contributed by atoms with van der Waals surface area (Å²) < 4.78 is 40.8. The first-order valence-electron chi connectivity index (χ1n) is 11.6. The smallest absolute Gasteiger partial charge is 0.243 e. The Hall–Kier alpha value is -1.96. The van der Waals surface area contributed by atoms with Gasteiger partial charge in [-0.1, -0.05) is 42.8 Å². The molecule has 178 valence electrons. The summed E-state index contributed by atoms with van der Waals surface area (Å²) in [5.74, 6) is -0.693. The average Bonchev–Trinajstić information content (AvgIpc) is 2.83. The monoisotopic (exact) mass is 492 g/mol. The maximum Gasteiger partial charge on any atom is 0.243 e. The minimum Gasteiger partial charge on any atom is -0.339 e. The zero-order chi connectivity index (χ0) is 23.6. The molecule has 0 aromatic heterocycles. The molecule has 5 nitrogen and oxygen atoms in total. The van der Waals surface area contributed by atoms with E-state index in [1.807, 2.05) is 4.90 Å². The number of carbonyl (C=O) groups excluding carboxylic acids is 1. The third-order valence-corrected chi connectivity index (χ3v) is 9.03. The molecule has 2 aromatic rings. The van der Waals surface area contributed by atoms with Crippen molar-refractivity contribution in [2.45, 2.75) is 56.4 Å². The molecule has 2 aromatic carbocycles. The summed E-state index contributed by atoms with van der Waals surface area (Å²) in [5, 5.41) is -0.217. The lowest BCUT2D eigenvalue weighted by Crippen LogP contribution is -2.49. The quantitative estimate of drug-likeness (QED) is 0.588. The molecule has 0 saturated carbocycles. The van der Waals surface area contributed by atoms with Crippen molar-refractivity contribution in [2.75, 3.05) is 19.6 Å². The molecule has 8 heteroatoms. The summed E-state index contributed by atoms with van der Waals surface area (Å²) in [4.78, 5) is 15.5. The van der Waals surface area contributed by atoms with Crippen LogP contribution in [-0.4, -0.2) is 49.2 Å². The topological polar surface area (TPSA) is 57.7 Å². The van der Waals surface area contributed by atoms with E-state index in [1.165, 1.54) is 21.5 Å². The highest BCUT2D eigenvalue weighted by Gasteiger charge is 2.36. The number of hydrogen-bond acceptors (Lipinski definition) is 3. The number of aryl methyl sites for hydroxylation is 1. The molecule has 0 spiro atoms. The van der Waals surface area contributed by atoms with E-state index in [1.54, 1.807) is 0 Å². The molecule has 1 amide bonds. The minimum atomic E-state index is -3.78. The van der Waals surface area contributed by atoms with Crippen LogP contribution in [0.1, 0.15) is 43.7 Å². The van der Waals surface area contributed by atoms with Crippen LogP contribution in [-0.2, 0) is 27.7 Å². The third kappa shape index (κ3) is 5.10. The van der Waals surface area contributed by atoms with E-state index < -0.39 is 15.8 Å². The SMILES string of the molecule is CCCN(C(=O)C1CCN(S(=O)(=O)c2ccc(F)c(Cl)c2)CC1)C1CCc2ccccc2C1. The Balaban J connectivity index is 1.42. The van der Waals surface area contributed by atoms with Crippen LogP contribution in [0, 0.1) is 11.7 Å². The maximum atomic E-state index is 13.5. The molecule has 0 bridgehead atoms. The predicted molar refractivity (Wildman–Crippen MR) is 127 cm³/mol. The molecule has 4 rings (SSSR count). The Morgan fingerprint density at radius 2 is 1.82 bits per heavy atom. The van der Waals surface area contributed by atoms with E-state index in [4.69, 9.17) is 11.6 Å². The highest BCUT2D eigenvalue weighted by molar-refractivity contribution is 7.89. The van der Waals surface area contributed by atoms with Crippen LogP contribution in [0.15, 0.2) is 47.4 Å². The van der Waals surface area contributed by atoms with Gasteiger partial charge in [0, 0.05) is 31.6 Å². The number of piperidine rings is 1. The number of benzene rings is 2. The molecule has 2 aliphatic rings. The van der Waals surface area contributed by atoms with Crippen molar-refractivity contribution in [1.29, 1.82) is 0 Å². The molecule has 1 aliphatic carbocycles. The van der Waals surface area contributed by atoms with Crippen LogP contribution >= 0.6 is 11.6 Å². The Morgan fingerprint density at radius 1 is 1.12 bits per heavy atom. The van der Waals surface area contributed by atoms with E-state index in [9.17, 15) is 17.6 Å². The standard InChI is InChI=1S/C25H30ClFN2O3S/c1-2-13-29(21-8-7-18-5-3-4-6-20(18)16-21)25(30)19-11-14-28(15-12-19)33(31,32)22-9-10-24(27)23(26)17-22/h3-6,9-10,17,19,21H,2,7-8,11-16H2,1H3. The van der Waals surface area contributed by atoms with Crippen molar-refractivity contribution in [3.8, 4) is 0 Å². The van der Waals surface area contributed by atoms with Gasteiger partial charge in [0.2, 0.25) is 15.9 Å². The number of halogens is 2. The number of fused-ring (bicyclic) bond motifs is 1. The van der Waals surface area contributed by atoms with Gasteiger partial charge in [-0.15, -0.1) is 0 Å². The van der Waals surface area contributed by atoms with E-state index in [2.05, 4.69) is 31.2 Å². The molecular formula is C25H30ClFN2O3S. The summed E-state index contributed by atoms with van der Waals surface area (Å²) in [6.45, 7) is 3.33. The first-order chi connectivity index (χ1) is 15.8. The number of amides is 1. The fourth-order valence-corrected chi connectivity index (χ4v) is 6.76. The van der Waals surface area contributed by atoms with Crippen LogP contribution in [0.2, 0.25) is 5.02 Å². The second kappa shape index (κ2) is 10.1. The Bertz CT molecular complexity index is 1120. The number of hydrogen-bond donors (Lipinski definition) is 0. The number of sulfonamides is 1. The number of nitrogens with zero attached hydrogens (tertiary/aromatic N) is 2. The first kappa shape index (κ1) is 24.2. The van der Waals surface area contributed by atoms with E-state index in [0.717, 1.165) is 44.4 Å². The number of carbonyl (C=O) groups is 1. The maximum absolute atomic E-state index is 13.5. The lowest BCUT2D eigenvalue weighted by molar-refractivity contribution is -0.139. The van der Waals surface area contributed by atoms with Crippen LogP contribution in [0.4, 0.5) is 4.39 Å². The minimum absolute atomic E-state index is 0.0212. The summed E-state index contributed by atoms with van der Waals surface area (Å²) in [7, 11) is -3.78. The Morgan fingerprint density at radius 3 is 2.48 bits per heavy atom. The molecule has 1 atom stereocenters. The van der Waals surface area contributed by atoms with Gasteiger partial charge in [-0.25, -0.2) is 12.8 Å². The normalized spacial score (nSPS) is 19.8. The third-order valence-electron chi connectivity index (χ3n) is 6.84. The Labute approximate surface area is 200 Å². The molecule has 0 radical (unpaired) electrons. The van der Waals surface area contributed by atoms with E-state index in [0.29, 0.717) is 12.8 Å². The molecule has 1 heterocycles. The Kier molecular flexibility index (Phi) is 7.41. The van der Waals surface area contributed by atoms with Crippen molar-refractivity contribution in [2.24, 2.45) is 5.92 Å². The van der Waals surface area contributed by atoms with Gasteiger partial charge in [0.05, 0.1) is 9.92 Å². The predicted octanol–water partition coefficient (Wildman–Crippen LogP) is 4.68. The van der Waals surface area contributed by atoms with Crippen molar-refractivity contribution in [3.63, 3.8) is 0 Å². The van der Waals surface area contributed by atoms with Gasteiger partial charge in [0.1, 0.15) is 5.82 Å². The summed E-state index contributed by atoms with van der Waals surface area (Å²) in [5.41, 5.74) is 2.69. The molecule has 1 fully saturated rings. The molecule has 1 aliphatic heterocycles. The van der Waals surface area contributed by atoms with Gasteiger partial charge in [0.25, 0.3) is 0 Å². The first-order valence-corrected chi connectivity index (χ1v) is 13.5. The largest absolute Gasteiger partial charge is 0.339 e. The molecule has 1 saturated heterocycles. The van der Waals surface area contributed by atoms with Crippen molar-refractivity contribution in [1.82, 2.24) is 9.21 Å². The molecular weight excluding hydrogens is 463 g/mol. The zero-order valence-electron chi connectivity index (χ0n) is 18.8. The summed E-state index contributed by atoms with van der Waals surface area (Å²) in [6, 6.07) is 12.1. The molecule has 0 N–H and O–H groups in total. The van der Waals surface area contributed by atoms with E-state index in [-0.39, 0.29) is 40.9 Å². The lowest BCUT2D eigenvalue weighted by atomic mass is 9.86. The second-order valence-electron chi connectivity index (χ2n) is 8.95.